The lowest BCUT2D eigenvalue weighted by atomic mass is 10.0. The van der Waals surface area contributed by atoms with Crippen LogP contribution in [0.15, 0.2) is 83.9 Å². The molecule has 2 heterocycles. The Morgan fingerprint density at radius 2 is 1.58 bits per heavy atom. The molecule has 4 aromatic rings. The highest BCUT2D eigenvalue weighted by Crippen LogP contribution is 2.38. The number of aliphatic imine (C=N–C) groups is 1. The number of alkyl halides is 3. The minimum Gasteiger partial charge on any atom is -0.356 e. The van der Waals surface area contributed by atoms with E-state index in [1.807, 2.05) is 60.7 Å². The summed E-state index contributed by atoms with van der Waals surface area (Å²) in [7, 11) is 0. The van der Waals surface area contributed by atoms with Gasteiger partial charge in [0.05, 0.1) is 16.9 Å². The van der Waals surface area contributed by atoms with Gasteiger partial charge in [-0.15, -0.1) is 0 Å². The van der Waals surface area contributed by atoms with Crippen LogP contribution in [-0.4, -0.2) is 22.1 Å². The Morgan fingerprint density at radius 3 is 2.15 bits per heavy atom. The summed E-state index contributed by atoms with van der Waals surface area (Å²) in [5, 5.41) is 3.97. The molecule has 1 aromatic heterocycles. The average Bonchev–Trinajstić information content (AvgIpc) is 3.24. The lowest BCUT2D eigenvalue weighted by Crippen LogP contribution is -2.19. The Morgan fingerprint density at radius 1 is 0.909 bits per heavy atom. The van der Waals surface area contributed by atoms with Gasteiger partial charge in [-0.05, 0) is 37.5 Å². The Bertz CT molecular complexity index is 1230. The van der Waals surface area contributed by atoms with Gasteiger partial charge in [0.1, 0.15) is 0 Å². The van der Waals surface area contributed by atoms with Gasteiger partial charge >= 0.3 is 6.18 Å². The summed E-state index contributed by atoms with van der Waals surface area (Å²) in [6.07, 6.45) is -2.63. The summed E-state index contributed by atoms with van der Waals surface area (Å²) < 4.78 is 48.7. The van der Waals surface area contributed by atoms with Gasteiger partial charge in [0.15, 0.2) is 11.9 Å². The van der Waals surface area contributed by atoms with Gasteiger partial charge in [-0.2, -0.15) is 18.3 Å². The molecule has 1 fully saturated rings. The Kier molecular flexibility index (Phi) is 5.72. The van der Waals surface area contributed by atoms with E-state index in [9.17, 15) is 13.2 Å². The summed E-state index contributed by atoms with van der Waals surface area (Å²) in [5.41, 5.74) is 2.36. The standard InChI is InChI=1S/C26H22F3N3O/c27-26(28,29)25-21-17-20(14-15-22(21)32(31-25)23-13-7-8-16-33-23)30-24(18-9-3-1-4-10-18)19-11-5-2-6-12-19/h1-6,9-12,14-15,17,23H,7-8,13,16H2. The minimum atomic E-state index is -4.58. The molecule has 0 aliphatic carbocycles. The van der Waals surface area contributed by atoms with Crippen LogP contribution in [0.5, 0.6) is 0 Å². The third-order valence-electron chi connectivity index (χ3n) is 5.72. The van der Waals surface area contributed by atoms with E-state index in [0.717, 1.165) is 24.0 Å². The Labute approximate surface area is 189 Å². The maximum absolute atomic E-state index is 13.9. The molecule has 33 heavy (non-hydrogen) atoms. The number of rotatable bonds is 4. The van der Waals surface area contributed by atoms with Crippen molar-refractivity contribution in [3.63, 3.8) is 0 Å². The van der Waals surface area contributed by atoms with E-state index in [4.69, 9.17) is 9.73 Å². The van der Waals surface area contributed by atoms with Crippen molar-refractivity contribution < 1.29 is 17.9 Å². The number of hydrogen-bond acceptors (Lipinski definition) is 3. The van der Waals surface area contributed by atoms with Crippen molar-refractivity contribution in [3.05, 3.63) is 95.7 Å². The molecular formula is C26H22F3N3O. The molecule has 0 N–H and O–H groups in total. The molecule has 0 amide bonds. The number of halogens is 3. The molecule has 7 heteroatoms. The lowest BCUT2D eigenvalue weighted by Gasteiger charge is -2.23. The van der Waals surface area contributed by atoms with Crippen LogP contribution in [0.4, 0.5) is 18.9 Å². The van der Waals surface area contributed by atoms with Crippen molar-refractivity contribution >= 4 is 22.3 Å². The molecule has 168 valence electrons. The highest BCUT2D eigenvalue weighted by atomic mass is 19.4. The van der Waals surface area contributed by atoms with Crippen LogP contribution in [0.2, 0.25) is 0 Å². The third-order valence-corrected chi connectivity index (χ3v) is 5.72. The highest BCUT2D eigenvalue weighted by Gasteiger charge is 2.38. The van der Waals surface area contributed by atoms with Gasteiger partial charge in [-0.1, -0.05) is 60.7 Å². The first kappa shape index (κ1) is 21.4. The van der Waals surface area contributed by atoms with E-state index in [0.29, 0.717) is 29.9 Å². The fourth-order valence-electron chi connectivity index (χ4n) is 4.16. The van der Waals surface area contributed by atoms with E-state index < -0.39 is 18.1 Å². The van der Waals surface area contributed by atoms with Crippen molar-refractivity contribution in [2.45, 2.75) is 31.7 Å². The summed E-state index contributed by atoms with van der Waals surface area (Å²) in [6, 6.07) is 24.1. The number of aromatic nitrogens is 2. The van der Waals surface area contributed by atoms with Crippen LogP contribution in [0.3, 0.4) is 0 Å². The zero-order valence-electron chi connectivity index (χ0n) is 17.8. The molecular weight excluding hydrogens is 427 g/mol. The molecule has 0 saturated carbocycles. The van der Waals surface area contributed by atoms with Crippen molar-refractivity contribution in [1.82, 2.24) is 9.78 Å². The second-order valence-electron chi connectivity index (χ2n) is 8.01. The number of fused-ring (bicyclic) bond motifs is 1. The third kappa shape index (κ3) is 4.41. The van der Waals surface area contributed by atoms with Crippen LogP contribution in [0.1, 0.15) is 42.3 Å². The zero-order valence-corrected chi connectivity index (χ0v) is 17.8. The topological polar surface area (TPSA) is 39.4 Å². The maximum atomic E-state index is 13.9. The van der Waals surface area contributed by atoms with Gasteiger partial charge in [0.2, 0.25) is 0 Å². The SMILES string of the molecule is FC(F)(F)c1nn(C2CCCCO2)c2ccc(N=C(c3ccccc3)c3ccccc3)cc12. The first-order valence-electron chi connectivity index (χ1n) is 10.9. The minimum absolute atomic E-state index is 0.0263. The van der Waals surface area contributed by atoms with Gasteiger partial charge in [0, 0.05) is 23.1 Å². The second-order valence-corrected chi connectivity index (χ2v) is 8.01. The Balaban J connectivity index is 1.66. The zero-order chi connectivity index (χ0) is 22.8. The predicted octanol–water partition coefficient (Wildman–Crippen LogP) is 6.92. The smallest absolute Gasteiger partial charge is 0.356 e. The largest absolute Gasteiger partial charge is 0.435 e. The van der Waals surface area contributed by atoms with Gasteiger partial charge in [-0.25, -0.2) is 9.67 Å². The van der Waals surface area contributed by atoms with Gasteiger partial charge in [-0.3, -0.25) is 0 Å². The fraction of sp³-hybridized carbons (Fsp3) is 0.231. The van der Waals surface area contributed by atoms with Crippen molar-refractivity contribution in [2.24, 2.45) is 4.99 Å². The molecule has 5 rings (SSSR count). The predicted molar refractivity (Wildman–Crippen MR) is 122 cm³/mol. The van der Waals surface area contributed by atoms with Gasteiger partial charge < -0.3 is 4.74 Å². The van der Waals surface area contributed by atoms with E-state index in [-0.39, 0.29) is 5.39 Å². The number of benzene rings is 3. The summed E-state index contributed by atoms with van der Waals surface area (Å²) in [6.45, 7) is 0.521. The number of nitrogens with zero attached hydrogens (tertiary/aromatic N) is 3. The number of ether oxygens (including phenoxy) is 1. The van der Waals surface area contributed by atoms with Crippen LogP contribution in [0, 0.1) is 0 Å². The van der Waals surface area contributed by atoms with Crippen LogP contribution in [-0.2, 0) is 10.9 Å². The maximum Gasteiger partial charge on any atom is 0.435 e. The van der Waals surface area contributed by atoms with Crippen molar-refractivity contribution in [3.8, 4) is 0 Å². The Hall–Kier alpha value is -3.45. The summed E-state index contributed by atoms with van der Waals surface area (Å²) >= 11 is 0. The van der Waals surface area contributed by atoms with Crippen LogP contribution < -0.4 is 0 Å². The monoisotopic (exact) mass is 449 g/mol. The molecule has 0 spiro atoms. The average molecular weight is 449 g/mol. The second kappa shape index (κ2) is 8.83. The van der Waals surface area contributed by atoms with Crippen LogP contribution >= 0.6 is 0 Å². The molecule has 0 radical (unpaired) electrons. The molecule has 1 unspecified atom stereocenters. The van der Waals surface area contributed by atoms with Crippen molar-refractivity contribution in [1.29, 1.82) is 0 Å². The molecule has 1 atom stereocenters. The lowest BCUT2D eigenvalue weighted by molar-refractivity contribution is -0.141. The van der Waals surface area contributed by atoms with E-state index >= 15 is 0 Å². The first-order valence-corrected chi connectivity index (χ1v) is 10.9. The summed E-state index contributed by atoms with van der Waals surface area (Å²) in [4.78, 5) is 4.78. The normalized spacial score (nSPS) is 16.6. The molecule has 0 bridgehead atoms. The van der Waals surface area contributed by atoms with Crippen molar-refractivity contribution in [2.75, 3.05) is 6.61 Å². The molecule has 1 saturated heterocycles. The van der Waals surface area contributed by atoms with E-state index in [1.165, 1.54) is 10.7 Å². The molecule has 1 aliphatic rings. The van der Waals surface area contributed by atoms with Crippen LogP contribution in [0.25, 0.3) is 10.9 Å². The molecule has 3 aromatic carbocycles. The summed E-state index contributed by atoms with van der Waals surface area (Å²) in [5.74, 6) is 0. The molecule has 1 aliphatic heterocycles. The highest BCUT2D eigenvalue weighted by molar-refractivity contribution is 6.14. The first-order chi connectivity index (χ1) is 16.0. The van der Waals surface area contributed by atoms with Gasteiger partial charge in [0.25, 0.3) is 0 Å². The van der Waals surface area contributed by atoms with E-state index in [1.54, 1.807) is 12.1 Å². The molecule has 4 nitrogen and oxygen atoms in total. The fourth-order valence-corrected chi connectivity index (χ4v) is 4.16. The quantitative estimate of drug-likeness (QED) is 0.317. The number of hydrogen-bond donors (Lipinski definition) is 0. The van der Waals surface area contributed by atoms with E-state index in [2.05, 4.69) is 5.10 Å².